The fourth-order valence-electron chi connectivity index (χ4n) is 1.70. The van der Waals surface area contributed by atoms with Gasteiger partial charge in [0.1, 0.15) is 5.16 Å². The van der Waals surface area contributed by atoms with Gasteiger partial charge in [-0.05, 0) is 31.1 Å². The van der Waals surface area contributed by atoms with E-state index in [1.54, 1.807) is 0 Å². The zero-order chi connectivity index (χ0) is 11.5. The van der Waals surface area contributed by atoms with E-state index in [-0.39, 0.29) is 5.91 Å². The van der Waals surface area contributed by atoms with E-state index >= 15 is 0 Å². The normalized spacial score (nSPS) is 21.6. The first-order chi connectivity index (χ1) is 7.70. The van der Waals surface area contributed by atoms with E-state index in [9.17, 15) is 4.79 Å². The number of rotatable bonds is 1. The SMILES string of the molecule is NC1CCC=C(Cl)N(c2ccccc2)C1=O. The molecule has 1 aromatic carbocycles. The standard InChI is InChI=1S/C12H13ClN2O/c13-11-8-4-7-10(14)12(16)15(11)9-5-2-1-3-6-9/h1-3,5-6,8,10H,4,7,14H2. The van der Waals surface area contributed by atoms with Crippen LogP contribution in [0, 0.1) is 0 Å². The van der Waals surface area contributed by atoms with Crippen molar-refractivity contribution in [2.45, 2.75) is 18.9 Å². The first kappa shape index (κ1) is 11.2. The first-order valence-corrected chi connectivity index (χ1v) is 5.58. The molecule has 16 heavy (non-hydrogen) atoms. The summed E-state index contributed by atoms with van der Waals surface area (Å²) < 4.78 is 0. The monoisotopic (exact) mass is 236 g/mol. The van der Waals surface area contributed by atoms with Gasteiger partial charge in [0.15, 0.2) is 0 Å². The second kappa shape index (κ2) is 4.68. The van der Waals surface area contributed by atoms with Crippen LogP contribution in [0.3, 0.4) is 0 Å². The number of para-hydroxylation sites is 1. The first-order valence-electron chi connectivity index (χ1n) is 5.20. The number of halogens is 1. The molecule has 4 heteroatoms. The number of carbonyl (C=O) groups excluding carboxylic acids is 1. The number of anilines is 1. The summed E-state index contributed by atoms with van der Waals surface area (Å²) in [5.41, 5.74) is 6.54. The summed E-state index contributed by atoms with van der Waals surface area (Å²) in [5, 5.41) is 0.434. The van der Waals surface area contributed by atoms with Crippen molar-refractivity contribution in [2.24, 2.45) is 5.73 Å². The lowest BCUT2D eigenvalue weighted by molar-refractivity contribution is -0.119. The van der Waals surface area contributed by atoms with Crippen LogP contribution in [-0.2, 0) is 4.79 Å². The van der Waals surface area contributed by atoms with Gasteiger partial charge in [0.05, 0.1) is 6.04 Å². The molecule has 1 heterocycles. The summed E-state index contributed by atoms with van der Waals surface area (Å²) in [4.78, 5) is 13.5. The maximum absolute atomic E-state index is 12.0. The predicted octanol–water partition coefficient (Wildman–Crippen LogP) is 2.22. The smallest absolute Gasteiger partial charge is 0.249 e. The summed E-state index contributed by atoms with van der Waals surface area (Å²) in [6.45, 7) is 0. The Labute approximate surface area is 99.5 Å². The van der Waals surface area contributed by atoms with Gasteiger partial charge in [0, 0.05) is 5.69 Å². The summed E-state index contributed by atoms with van der Waals surface area (Å²) in [6.07, 6.45) is 3.20. The van der Waals surface area contributed by atoms with Crippen LogP contribution in [0.25, 0.3) is 0 Å². The zero-order valence-electron chi connectivity index (χ0n) is 8.77. The van der Waals surface area contributed by atoms with E-state index in [0.29, 0.717) is 11.6 Å². The van der Waals surface area contributed by atoms with Crippen molar-refractivity contribution in [3.05, 3.63) is 41.6 Å². The lowest BCUT2D eigenvalue weighted by atomic mass is 10.1. The average molecular weight is 237 g/mol. The van der Waals surface area contributed by atoms with E-state index in [4.69, 9.17) is 17.3 Å². The Kier molecular flexibility index (Phi) is 3.27. The van der Waals surface area contributed by atoms with Gasteiger partial charge in [0.25, 0.3) is 0 Å². The Hall–Kier alpha value is -1.32. The molecule has 0 aromatic heterocycles. The summed E-state index contributed by atoms with van der Waals surface area (Å²) >= 11 is 6.09. The Bertz CT molecular complexity index is 416. The molecule has 1 aromatic rings. The number of hydrogen-bond donors (Lipinski definition) is 1. The molecule has 0 radical (unpaired) electrons. The highest BCUT2D eigenvalue weighted by Gasteiger charge is 2.26. The fraction of sp³-hybridized carbons (Fsp3) is 0.250. The van der Waals surface area contributed by atoms with E-state index in [1.807, 2.05) is 36.4 Å². The number of nitrogens with two attached hydrogens (primary N) is 1. The van der Waals surface area contributed by atoms with Crippen LogP contribution in [0.2, 0.25) is 0 Å². The van der Waals surface area contributed by atoms with Gasteiger partial charge < -0.3 is 5.73 Å². The molecule has 1 aliphatic rings. The van der Waals surface area contributed by atoms with Gasteiger partial charge in [-0.1, -0.05) is 29.8 Å². The molecular formula is C12H13ClN2O. The van der Waals surface area contributed by atoms with Crippen LogP contribution in [0.15, 0.2) is 41.6 Å². The zero-order valence-corrected chi connectivity index (χ0v) is 9.52. The number of amides is 1. The summed E-state index contributed by atoms with van der Waals surface area (Å²) in [5.74, 6) is -0.148. The number of carbonyl (C=O) groups is 1. The number of benzene rings is 1. The Balaban J connectivity index is 2.39. The van der Waals surface area contributed by atoms with Gasteiger partial charge in [-0.3, -0.25) is 9.69 Å². The maximum atomic E-state index is 12.0. The topological polar surface area (TPSA) is 46.3 Å². The lowest BCUT2D eigenvalue weighted by Crippen LogP contribution is -2.41. The summed E-state index contributed by atoms with van der Waals surface area (Å²) in [6, 6.07) is 8.82. The van der Waals surface area contributed by atoms with Crippen LogP contribution in [0.4, 0.5) is 5.69 Å². The minimum absolute atomic E-state index is 0.148. The molecule has 0 bridgehead atoms. The van der Waals surface area contributed by atoms with Gasteiger partial charge in [-0.15, -0.1) is 0 Å². The quantitative estimate of drug-likeness (QED) is 0.760. The van der Waals surface area contributed by atoms with Crippen LogP contribution >= 0.6 is 11.6 Å². The van der Waals surface area contributed by atoms with E-state index in [0.717, 1.165) is 12.1 Å². The molecule has 0 spiro atoms. The molecule has 1 atom stereocenters. The van der Waals surface area contributed by atoms with Crippen molar-refractivity contribution >= 4 is 23.2 Å². The van der Waals surface area contributed by atoms with Gasteiger partial charge >= 0.3 is 0 Å². The van der Waals surface area contributed by atoms with Crippen molar-refractivity contribution in [3.8, 4) is 0 Å². The van der Waals surface area contributed by atoms with Crippen LogP contribution in [0.5, 0.6) is 0 Å². The highest BCUT2D eigenvalue weighted by atomic mass is 35.5. The molecule has 3 nitrogen and oxygen atoms in total. The highest BCUT2D eigenvalue weighted by molar-refractivity contribution is 6.34. The van der Waals surface area contributed by atoms with E-state index < -0.39 is 6.04 Å². The van der Waals surface area contributed by atoms with Gasteiger partial charge in [-0.25, -0.2) is 0 Å². The highest BCUT2D eigenvalue weighted by Crippen LogP contribution is 2.25. The van der Waals surface area contributed by atoms with Gasteiger partial charge in [-0.2, -0.15) is 0 Å². The third-order valence-electron chi connectivity index (χ3n) is 2.56. The molecular weight excluding hydrogens is 224 g/mol. The Morgan fingerprint density at radius 3 is 2.69 bits per heavy atom. The largest absolute Gasteiger partial charge is 0.320 e. The third-order valence-corrected chi connectivity index (χ3v) is 2.88. The third kappa shape index (κ3) is 2.10. The lowest BCUT2D eigenvalue weighted by Gasteiger charge is -2.22. The molecule has 0 fully saturated rings. The molecule has 2 rings (SSSR count). The average Bonchev–Trinajstić information content (AvgIpc) is 2.41. The van der Waals surface area contributed by atoms with Crippen LogP contribution < -0.4 is 10.6 Å². The predicted molar refractivity (Wildman–Crippen MR) is 65.1 cm³/mol. The molecule has 0 saturated heterocycles. The minimum atomic E-state index is -0.479. The van der Waals surface area contributed by atoms with Crippen molar-refractivity contribution in [2.75, 3.05) is 4.90 Å². The molecule has 1 unspecified atom stereocenters. The number of nitrogens with zero attached hydrogens (tertiary/aromatic N) is 1. The Morgan fingerprint density at radius 1 is 1.31 bits per heavy atom. The molecule has 1 amide bonds. The van der Waals surface area contributed by atoms with E-state index in [2.05, 4.69) is 0 Å². The van der Waals surface area contributed by atoms with Crippen molar-refractivity contribution in [1.29, 1.82) is 0 Å². The van der Waals surface area contributed by atoms with Gasteiger partial charge in [0.2, 0.25) is 5.91 Å². The van der Waals surface area contributed by atoms with Crippen molar-refractivity contribution in [1.82, 2.24) is 0 Å². The van der Waals surface area contributed by atoms with Crippen LogP contribution in [0.1, 0.15) is 12.8 Å². The van der Waals surface area contributed by atoms with Crippen molar-refractivity contribution in [3.63, 3.8) is 0 Å². The summed E-state index contributed by atoms with van der Waals surface area (Å²) in [7, 11) is 0. The molecule has 0 saturated carbocycles. The molecule has 84 valence electrons. The number of hydrogen-bond acceptors (Lipinski definition) is 2. The maximum Gasteiger partial charge on any atom is 0.249 e. The number of allylic oxidation sites excluding steroid dienone is 1. The van der Waals surface area contributed by atoms with Crippen molar-refractivity contribution < 1.29 is 4.79 Å². The molecule has 0 aliphatic carbocycles. The molecule has 1 aliphatic heterocycles. The second-order valence-electron chi connectivity index (χ2n) is 3.72. The molecule has 2 N–H and O–H groups in total. The minimum Gasteiger partial charge on any atom is -0.320 e. The van der Waals surface area contributed by atoms with Crippen LogP contribution in [-0.4, -0.2) is 11.9 Å². The second-order valence-corrected chi connectivity index (χ2v) is 4.11. The Morgan fingerprint density at radius 2 is 2.00 bits per heavy atom. The van der Waals surface area contributed by atoms with E-state index in [1.165, 1.54) is 4.90 Å². The fourth-order valence-corrected chi connectivity index (χ4v) is 1.99.